The Kier molecular flexibility index (Phi) is 5.02. The molecular weight excluding hydrogens is 348 g/mol. The summed E-state index contributed by atoms with van der Waals surface area (Å²) in [4.78, 5) is 18.3. The minimum Gasteiger partial charge on any atom is -0.486 e. The van der Waals surface area contributed by atoms with Crippen LogP contribution in [-0.2, 0) is 19.4 Å². The first-order chi connectivity index (χ1) is 12.8. The monoisotopic (exact) mass is 368 g/mol. The number of thiazole rings is 1. The van der Waals surface area contributed by atoms with Crippen LogP contribution in [0.1, 0.15) is 46.1 Å². The van der Waals surface area contributed by atoms with Gasteiger partial charge in [-0.3, -0.25) is 10.1 Å². The molecule has 1 aliphatic rings. The number of benzene rings is 1. The first kappa shape index (κ1) is 16.8. The van der Waals surface area contributed by atoms with Gasteiger partial charge in [-0.05, 0) is 49.9 Å². The third kappa shape index (κ3) is 3.96. The molecule has 0 bridgehead atoms. The highest BCUT2D eigenvalue weighted by Gasteiger charge is 2.17. The van der Waals surface area contributed by atoms with Gasteiger partial charge in [0, 0.05) is 4.88 Å². The number of nitrogens with one attached hydrogen (secondary N) is 1. The number of aryl methyl sites for hydroxylation is 2. The van der Waals surface area contributed by atoms with E-state index in [1.165, 1.54) is 24.1 Å². The van der Waals surface area contributed by atoms with E-state index in [2.05, 4.69) is 10.3 Å². The summed E-state index contributed by atoms with van der Waals surface area (Å²) in [5, 5.41) is 3.51. The van der Waals surface area contributed by atoms with Gasteiger partial charge < -0.3 is 9.15 Å². The number of hydrogen-bond donors (Lipinski definition) is 1. The van der Waals surface area contributed by atoms with Crippen LogP contribution in [0, 0.1) is 0 Å². The lowest BCUT2D eigenvalue weighted by Crippen LogP contribution is -2.10. The fourth-order valence-corrected chi connectivity index (χ4v) is 4.03. The van der Waals surface area contributed by atoms with Gasteiger partial charge >= 0.3 is 0 Å². The second kappa shape index (κ2) is 7.74. The van der Waals surface area contributed by atoms with Crippen LogP contribution in [0.3, 0.4) is 0 Å². The van der Waals surface area contributed by atoms with Gasteiger partial charge in [0.25, 0.3) is 5.91 Å². The van der Waals surface area contributed by atoms with Crippen molar-refractivity contribution >= 4 is 22.4 Å². The number of nitrogens with zero attached hydrogens (tertiary/aromatic N) is 1. The second-order valence-corrected chi connectivity index (χ2v) is 7.35. The number of para-hydroxylation sites is 1. The Bertz CT molecular complexity index is 862. The molecule has 2 heterocycles. The first-order valence-corrected chi connectivity index (χ1v) is 9.66. The van der Waals surface area contributed by atoms with Gasteiger partial charge in [0.05, 0.1) is 5.69 Å². The smallest absolute Gasteiger partial charge is 0.293 e. The standard InChI is InChI=1S/C20H20N2O3S/c23-19(22-20-21-16-9-5-2-6-10-18(16)26-20)17-12-11-15(25-17)13-24-14-7-3-1-4-8-14/h1,3-4,7-8,11-12H,2,5-6,9-10,13H2,(H,21,22,23). The van der Waals surface area contributed by atoms with Crippen LogP contribution in [0.5, 0.6) is 5.75 Å². The quantitative estimate of drug-likeness (QED) is 0.655. The molecule has 26 heavy (non-hydrogen) atoms. The molecule has 0 unspecified atom stereocenters. The molecule has 6 heteroatoms. The van der Waals surface area contributed by atoms with E-state index < -0.39 is 0 Å². The molecule has 134 valence electrons. The number of ether oxygens (including phenoxy) is 1. The van der Waals surface area contributed by atoms with Crippen molar-refractivity contribution in [2.45, 2.75) is 38.7 Å². The van der Waals surface area contributed by atoms with Crippen molar-refractivity contribution in [3.05, 3.63) is 64.6 Å². The van der Waals surface area contributed by atoms with E-state index in [0.29, 0.717) is 10.9 Å². The zero-order chi connectivity index (χ0) is 17.8. The van der Waals surface area contributed by atoms with Crippen LogP contribution in [0.25, 0.3) is 0 Å². The van der Waals surface area contributed by atoms with Crippen molar-refractivity contribution in [2.75, 3.05) is 5.32 Å². The molecule has 5 nitrogen and oxygen atoms in total. The number of hydrogen-bond acceptors (Lipinski definition) is 5. The molecule has 0 spiro atoms. The van der Waals surface area contributed by atoms with Crippen molar-refractivity contribution in [1.29, 1.82) is 0 Å². The highest BCUT2D eigenvalue weighted by molar-refractivity contribution is 7.15. The average Bonchev–Trinajstić information content (AvgIpc) is 3.23. The minimum absolute atomic E-state index is 0.266. The van der Waals surface area contributed by atoms with E-state index in [-0.39, 0.29) is 18.3 Å². The zero-order valence-corrected chi connectivity index (χ0v) is 15.2. The third-order valence-corrected chi connectivity index (χ3v) is 5.40. The highest BCUT2D eigenvalue weighted by atomic mass is 32.1. The average molecular weight is 368 g/mol. The van der Waals surface area contributed by atoms with Crippen molar-refractivity contribution in [2.24, 2.45) is 0 Å². The number of carbonyl (C=O) groups is 1. The van der Waals surface area contributed by atoms with E-state index in [4.69, 9.17) is 9.15 Å². The van der Waals surface area contributed by atoms with Gasteiger partial charge in [-0.1, -0.05) is 24.6 Å². The Morgan fingerprint density at radius 3 is 2.85 bits per heavy atom. The summed E-state index contributed by atoms with van der Waals surface area (Å²) in [7, 11) is 0. The van der Waals surface area contributed by atoms with Crippen molar-refractivity contribution in [3.63, 3.8) is 0 Å². The number of fused-ring (bicyclic) bond motifs is 1. The number of carbonyl (C=O) groups excluding carboxylic acids is 1. The molecule has 1 aliphatic carbocycles. The summed E-state index contributed by atoms with van der Waals surface area (Å²) in [6.45, 7) is 0.281. The van der Waals surface area contributed by atoms with E-state index in [0.717, 1.165) is 24.3 Å². The SMILES string of the molecule is O=C(Nc1nc2c(s1)CCCCC2)c1ccc(COc2ccccc2)o1. The molecule has 0 radical (unpaired) electrons. The van der Waals surface area contributed by atoms with Crippen LogP contribution in [0.15, 0.2) is 46.9 Å². The van der Waals surface area contributed by atoms with Gasteiger partial charge in [0.1, 0.15) is 18.1 Å². The van der Waals surface area contributed by atoms with Gasteiger partial charge in [0.15, 0.2) is 10.9 Å². The molecule has 3 aromatic rings. The van der Waals surface area contributed by atoms with Crippen LogP contribution in [0.2, 0.25) is 0 Å². The van der Waals surface area contributed by atoms with Crippen molar-refractivity contribution in [1.82, 2.24) is 4.98 Å². The number of anilines is 1. The summed E-state index contributed by atoms with van der Waals surface area (Å²) < 4.78 is 11.2. The maximum absolute atomic E-state index is 12.4. The van der Waals surface area contributed by atoms with Crippen LogP contribution < -0.4 is 10.1 Å². The Labute approximate surface area is 156 Å². The van der Waals surface area contributed by atoms with Crippen molar-refractivity contribution < 1.29 is 13.9 Å². The molecule has 0 aliphatic heterocycles. The molecule has 1 aromatic carbocycles. The van der Waals surface area contributed by atoms with Gasteiger partial charge in [-0.2, -0.15) is 0 Å². The third-order valence-electron chi connectivity index (χ3n) is 4.33. The number of furan rings is 1. The summed E-state index contributed by atoms with van der Waals surface area (Å²) in [5.74, 6) is 1.36. The largest absolute Gasteiger partial charge is 0.486 e. The zero-order valence-electron chi connectivity index (χ0n) is 14.4. The lowest BCUT2D eigenvalue weighted by Gasteiger charge is -2.03. The molecular formula is C20H20N2O3S. The summed E-state index contributed by atoms with van der Waals surface area (Å²) in [6, 6.07) is 12.9. The Morgan fingerprint density at radius 2 is 1.96 bits per heavy atom. The Hall–Kier alpha value is -2.60. The normalized spacial score (nSPS) is 13.7. The maximum Gasteiger partial charge on any atom is 0.293 e. The predicted molar refractivity (Wildman–Crippen MR) is 101 cm³/mol. The fourth-order valence-electron chi connectivity index (χ4n) is 2.99. The molecule has 1 amide bonds. The second-order valence-electron chi connectivity index (χ2n) is 6.27. The Morgan fingerprint density at radius 1 is 1.12 bits per heavy atom. The van der Waals surface area contributed by atoms with Crippen LogP contribution >= 0.6 is 11.3 Å². The predicted octanol–water partition coefficient (Wildman–Crippen LogP) is 4.84. The van der Waals surface area contributed by atoms with E-state index in [1.54, 1.807) is 23.5 Å². The number of rotatable bonds is 5. The Balaban J connectivity index is 1.37. The lowest BCUT2D eigenvalue weighted by molar-refractivity contribution is 0.0992. The molecule has 0 atom stereocenters. The topological polar surface area (TPSA) is 64.4 Å². The van der Waals surface area contributed by atoms with Crippen molar-refractivity contribution in [3.8, 4) is 5.75 Å². The molecule has 0 saturated heterocycles. The van der Waals surface area contributed by atoms with E-state index in [1.807, 2.05) is 30.3 Å². The molecule has 0 fully saturated rings. The lowest BCUT2D eigenvalue weighted by atomic mass is 10.2. The first-order valence-electron chi connectivity index (χ1n) is 8.84. The molecule has 2 aromatic heterocycles. The molecule has 0 saturated carbocycles. The number of aromatic nitrogens is 1. The summed E-state index contributed by atoms with van der Waals surface area (Å²) in [5.41, 5.74) is 1.14. The number of amides is 1. The summed E-state index contributed by atoms with van der Waals surface area (Å²) in [6.07, 6.45) is 5.69. The summed E-state index contributed by atoms with van der Waals surface area (Å²) >= 11 is 1.58. The minimum atomic E-state index is -0.278. The van der Waals surface area contributed by atoms with Crippen LogP contribution in [0.4, 0.5) is 5.13 Å². The van der Waals surface area contributed by atoms with Gasteiger partial charge in [0.2, 0.25) is 0 Å². The maximum atomic E-state index is 12.4. The van der Waals surface area contributed by atoms with E-state index >= 15 is 0 Å². The van der Waals surface area contributed by atoms with Gasteiger partial charge in [-0.15, -0.1) is 11.3 Å². The highest BCUT2D eigenvalue weighted by Crippen LogP contribution is 2.29. The van der Waals surface area contributed by atoms with Gasteiger partial charge in [-0.25, -0.2) is 4.98 Å². The molecule has 4 rings (SSSR count). The van der Waals surface area contributed by atoms with Crippen LogP contribution in [-0.4, -0.2) is 10.9 Å². The fraction of sp³-hybridized carbons (Fsp3) is 0.300. The molecule has 1 N–H and O–H groups in total. The van der Waals surface area contributed by atoms with E-state index in [9.17, 15) is 4.79 Å².